The van der Waals surface area contributed by atoms with Gasteiger partial charge in [-0.1, -0.05) is 20.8 Å². The Morgan fingerprint density at radius 1 is 1.33 bits per heavy atom. The van der Waals surface area contributed by atoms with Gasteiger partial charge in [-0.05, 0) is 23.6 Å². The molecule has 1 N–H and O–H groups in total. The van der Waals surface area contributed by atoms with E-state index in [9.17, 15) is 5.11 Å². The van der Waals surface area contributed by atoms with Crippen LogP contribution in [0.1, 0.15) is 20.8 Å². The monoisotopic (exact) mass is 245 g/mol. The van der Waals surface area contributed by atoms with Gasteiger partial charge >= 0.3 is 0 Å². The summed E-state index contributed by atoms with van der Waals surface area (Å²) in [4.78, 5) is 4.07. The van der Waals surface area contributed by atoms with E-state index < -0.39 is 6.10 Å². The van der Waals surface area contributed by atoms with Crippen molar-refractivity contribution in [2.24, 2.45) is 5.41 Å². The topological polar surface area (TPSA) is 50.9 Å². The van der Waals surface area contributed by atoms with Gasteiger partial charge in [-0.2, -0.15) is 5.10 Å². The smallest absolute Gasteiger partial charge is 0.0938 e. The summed E-state index contributed by atoms with van der Waals surface area (Å²) in [5.41, 5.74) is 1.73. The SMILES string of the molecule is CC(C)(C)[C@H](O)Cn1ccc(-c2cccnc2)n1. The van der Waals surface area contributed by atoms with Crippen molar-refractivity contribution in [1.82, 2.24) is 14.8 Å². The first-order valence-corrected chi connectivity index (χ1v) is 6.09. The van der Waals surface area contributed by atoms with Crippen LogP contribution < -0.4 is 0 Å². The Balaban J connectivity index is 2.12. The van der Waals surface area contributed by atoms with Crippen LogP contribution in [-0.4, -0.2) is 26.0 Å². The molecule has 0 bridgehead atoms. The zero-order chi connectivity index (χ0) is 13.2. The Labute approximate surface area is 107 Å². The molecule has 0 unspecified atom stereocenters. The maximum absolute atomic E-state index is 10.0. The molecule has 18 heavy (non-hydrogen) atoms. The molecule has 4 nitrogen and oxygen atoms in total. The second-order valence-electron chi connectivity index (χ2n) is 5.55. The van der Waals surface area contributed by atoms with Crippen molar-refractivity contribution in [1.29, 1.82) is 0 Å². The quantitative estimate of drug-likeness (QED) is 0.903. The molecule has 96 valence electrons. The lowest BCUT2D eigenvalue weighted by Crippen LogP contribution is -2.30. The fourth-order valence-electron chi connectivity index (χ4n) is 1.58. The molecule has 2 heterocycles. The highest BCUT2D eigenvalue weighted by Gasteiger charge is 2.22. The maximum Gasteiger partial charge on any atom is 0.0938 e. The highest BCUT2D eigenvalue weighted by Crippen LogP contribution is 2.21. The number of nitrogens with zero attached hydrogens (tertiary/aromatic N) is 3. The van der Waals surface area contributed by atoms with Crippen molar-refractivity contribution >= 4 is 0 Å². The predicted octanol–water partition coefficient (Wildman–Crippen LogP) is 2.35. The van der Waals surface area contributed by atoms with Gasteiger partial charge in [0, 0.05) is 24.2 Å². The van der Waals surface area contributed by atoms with Crippen molar-refractivity contribution in [3.8, 4) is 11.3 Å². The van der Waals surface area contributed by atoms with Crippen LogP contribution in [0.4, 0.5) is 0 Å². The Morgan fingerprint density at radius 2 is 2.11 bits per heavy atom. The molecule has 0 saturated carbocycles. The Kier molecular flexibility index (Phi) is 3.48. The van der Waals surface area contributed by atoms with E-state index in [4.69, 9.17) is 0 Å². The van der Waals surface area contributed by atoms with Crippen LogP contribution in [-0.2, 0) is 6.54 Å². The van der Waals surface area contributed by atoms with Crippen molar-refractivity contribution in [3.63, 3.8) is 0 Å². The van der Waals surface area contributed by atoms with E-state index in [1.165, 1.54) is 0 Å². The molecule has 0 amide bonds. The Hall–Kier alpha value is -1.68. The van der Waals surface area contributed by atoms with E-state index in [0.29, 0.717) is 6.54 Å². The first-order valence-electron chi connectivity index (χ1n) is 6.09. The normalized spacial score (nSPS) is 13.6. The number of rotatable bonds is 3. The number of aliphatic hydroxyl groups is 1. The minimum atomic E-state index is -0.417. The van der Waals surface area contributed by atoms with Crippen molar-refractivity contribution in [3.05, 3.63) is 36.8 Å². The molecule has 0 aliphatic heterocycles. The van der Waals surface area contributed by atoms with Gasteiger partial charge in [-0.25, -0.2) is 0 Å². The zero-order valence-corrected chi connectivity index (χ0v) is 11.0. The number of pyridine rings is 1. The Bertz CT molecular complexity index is 499. The van der Waals surface area contributed by atoms with Crippen LogP contribution in [0.3, 0.4) is 0 Å². The number of aromatic nitrogens is 3. The van der Waals surface area contributed by atoms with Crippen LogP contribution in [0.5, 0.6) is 0 Å². The zero-order valence-electron chi connectivity index (χ0n) is 11.0. The van der Waals surface area contributed by atoms with Crippen molar-refractivity contribution in [2.45, 2.75) is 33.4 Å². The van der Waals surface area contributed by atoms with Gasteiger partial charge < -0.3 is 5.11 Å². The summed E-state index contributed by atoms with van der Waals surface area (Å²) in [7, 11) is 0. The average Bonchev–Trinajstić information content (AvgIpc) is 2.77. The summed E-state index contributed by atoms with van der Waals surface area (Å²) >= 11 is 0. The van der Waals surface area contributed by atoms with Crippen LogP contribution >= 0.6 is 0 Å². The summed E-state index contributed by atoms with van der Waals surface area (Å²) in [6.07, 6.45) is 4.99. The van der Waals surface area contributed by atoms with Crippen LogP contribution in [0.2, 0.25) is 0 Å². The third-order valence-electron chi connectivity index (χ3n) is 2.96. The first-order chi connectivity index (χ1) is 8.47. The molecule has 1 atom stereocenters. The van der Waals surface area contributed by atoms with E-state index in [0.717, 1.165) is 11.3 Å². The molecule has 0 aromatic carbocycles. The number of hydrogen-bond acceptors (Lipinski definition) is 3. The highest BCUT2D eigenvalue weighted by molar-refractivity contribution is 5.56. The van der Waals surface area contributed by atoms with Gasteiger partial charge in [0.1, 0.15) is 0 Å². The molecule has 4 heteroatoms. The largest absolute Gasteiger partial charge is 0.391 e. The standard InChI is InChI=1S/C14H19N3O/c1-14(2,3)13(18)10-17-8-6-12(16-17)11-5-4-7-15-9-11/h4-9,13,18H,10H2,1-3H3/t13-/m1/s1. The average molecular weight is 245 g/mol. The van der Waals surface area contributed by atoms with E-state index in [1.54, 1.807) is 17.1 Å². The molecule has 0 spiro atoms. The summed E-state index contributed by atoms with van der Waals surface area (Å²) in [6, 6.07) is 5.80. The molecule has 0 radical (unpaired) electrons. The summed E-state index contributed by atoms with van der Waals surface area (Å²) in [5, 5.41) is 14.5. The van der Waals surface area contributed by atoms with Gasteiger partial charge in [0.15, 0.2) is 0 Å². The fraction of sp³-hybridized carbons (Fsp3) is 0.429. The van der Waals surface area contributed by atoms with Crippen LogP contribution in [0, 0.1) is 5.41 Å². The Morgan fingerprint density at radius 3 is 2.72 bits per heavy atom. The van der Waals surface area contributed by atoms with Gasteiger partial charge in [-0.3, -0.25) is 9.67 Å². The van der Waals surface area contributed by atoms with Gasteiger partial charge in [0.05, 0.1) is 18.3 Å². The third kappa shape index (κ3) is 2.96. The second kappa shape index (κ2) is 4.90. The third-order valence-corrected chi connectivity index (χ3v) is 2.96. The van der Waals surface area contributed by atoms with Crippen LogP contribution in [0.25, 0.3) is 11.3 Å². The highest BCUT2D eigenvalue weighted by atomic mass is 16.3. The van der Waals surface area contributed by atoms with E-state index in [1.807, 2.05) is 45.2 Å². The van der Waals surface area contributed by atoms with E-state index >= 15 is 0 Å². The van der Waals surface area contributed by atoms with Crippen molar-refractivity contribution in [2.75, 3.05) is 0 Å². The van der Waals surface area contributed by atoms with Crippen LogP contribution in [0.15, 0.2) is 36.8 Å². The van der Waals surface area contributed by atoms with Crippen molar-refractivity contribution < 1.29 is 5.11 Å². The molecular weight excluding hydrogens is 226 g/mol. The molecule has 0 aliphatic carbocycles. The summed E-state index contributed by atoms with van der Waals surface area (Å²) in [6.45, 7) is 6.55. The molecule has 0 aliphatic rings. The lowest BCUT2D eigenvalue weighted by Gasteiger charge is -2.25. The number of hydrogen-bond donors (Lipinski definition) is 1. The minimum Gasteiger partial charge on any atom is -0.391 e. The molecule has 2 aromatic heterocycles. The molecule has 0 saturated heterocycles. The van der Waals surface area contributed by atoms with Gasteiger partial charge in [-0.15, -0.1) is 0 Å². The first kappa shape index (κ1) is 12.8. The minimum absolute atomic E-state index is 0.138. The summed E-state index contributed by atoms with van der Waals surface area (Å²) in [5.74, 6) is 0. The fourth-order valence-corrected chi connectivity index (χ4v) is 1.58. The molecule has 2 rings (SSSR count). The van der Waals surface area contributed by atoms with Gasteiger partial charge in [0.2, 0.25) is 0 Å². The van der Waals surface area contributed by atoms with E-state index in [2.05, 4.69) is 10.1 Å². The second-order valence-corrected chi connectivity index (χ2v) is 5.55. The molecule has 0 fully saturated rings. The lowest BCUT2D eigenvalue weighted by molar-refractivity contribution is 0.0451. The number of aliphatic hydroxyl groups excluding tert-OH is 1. The predicted molar refractivity (Wildman–Crippen MR) is 70.9 cm³/mol. The molecular formula is C14H19N3O. The lowest BCUT2D eigenvalue weighted by atomic mass is 9.89. The van der Waals surface area contributed by atoms with E-state index in [-0.39, 0.29) is 5.41 Å². The van der Waals surface area contributed by atoms with Gasteiger partial charge in [0.25, 0.3) is 0 Å². The summed E-state index contributed by atoms with van der Waals surface area (Å²) < 4.78 is 1.78. The maximum atomic E-state index is 10.0. The molecule has 2 aromatic rings.